The van der Waals surface area contributed by atoms with E-state index < -0.39 is 0 Å². The van der Waals surface area contributed by atoms with Gasteiger partial charge in [-0.05, 0) is 42.7 Å². The highest BCUT2D eigenvalue weighted by Crippen LogP contribution is 2.32. The predicted octanol–water partition coefficient (Wildman–Crippen LogP) is 3.82. The van der Waals surface area contributed by atoms with Crippen LogP contribution < -0.4 is 4.74 Å². The van der Waals surface area contributed by atoms with E-state index in [9.17, 15) is 9.59 Å². The van der Waals surface area contributed by atoms with E-state index >= 15 is 0 Å². The Morgan fingerprint density at radius 1 is 1.21 bits per heavy atom. The van der Waals surface area contributed by atoms with Gasteiger partial charge in [0.15, 0.2) is 0 Å². The van der Waals surface area contributed by atoms with E-state index in [2.05, 4.69) is 6.58 Å². The van der Waals surface area contributed by atoms with E-state index in [4.69, 9.17) is 4.74 Å². The number of methoxy groups -OCH3 is 1. The Labute approximate surface area is 166 Å². The first-order valence-corrected chi connectivity index (χ1v) is 9.45. The van der Waals surface area contributed by atoms with Crippen molar-refractivity contribution in [2.45, 2.75) is 25.4 Å². The van der Waals surface area contributed by atoms with Crippen LogP contribution in [0.4, 0.5) is 0 Å². The molecule has 0 saturated carbocycles. The van der Waals surface area contributed by atoms with Gasteiger partial charge in [0.25, 0.3) is 5.91 Å². The molecule has 1 unspecified atom stereocenters. The minimum atomic E-state index is -0.0529. The number of carbonyl (C=O) groups is 2. The summed E-state index contributed by atoms with van der Waals surface area (Å²) >= 11 is 0. The van der Waals surface area contributed by atoms with Crippen LogP contribution in [0.1, 0.15) is 40.4 Å². The molecule has 1 aliphatic rings. The van der Waals surface area contributed by atoms with Crippen molar-refractivity contribution < 1.29 is 14.3 Å². The summed E-state index contributed by atoms with van der Waals surface area (Å²) in [6.45, 7) is 4.80. The topological polar surface area (TPSA) is 49.9 Å². The molecule has 5 heteroatoms. The molecule has 1 aliphatic heterocycles. The van der Waals surface area contributed by atoms with Crippen LogP contribution in [0, 0.1) is 0 Å². The van der Waals surface area contributed by atoms with Gasteiger partial charge in [-0.1, -0.05) is 36.9 Å². The largest absolute Gasteiger partial charge is 0.496 e. The molecule has 146 valence electrons. The van der Waals surface area contributed by atoms with Crippen LogP contribution in [-0.2, 0) is 11.3 Å². The second-order valence-electron chi connectivity index (χ2n) is 6.99. The van der Waals surface area contributed by atoms with Gasteiger partial charge in [0.1, 0.15) is 5.75 Å². The first-order valence-electron chi connectivity index (χ1n) is 9.45. The fourth-order valence-corrected chi connectivity index (χ4v) is 3.72. The van der Waals surface area contributed by atoms with Crippen molar-refractivity contribution in [3.05, 3.63) is 77.9 Å². The Morgan fingerprint density at radius 2 is 1.93 bits per heavy atom. The molecule has 1 atom stereocenters. The number of carbonyl (C=O) groups excluding carboxylic acids is 2. The third-order valence-electron chi connectivity index (χ3n) is 5.20. The van der Waals surface area contributed by atoms with Crippen molar-refractivity contribution in [3.63, 3.8) is 0 Å². The molecule has 0 aromatic heterocycles. The fraction of sp³-hybridized carbons (Fsp3) is 0.304. The van der Waals surface area contributed by atoms with Gasteiger partial charge in [-0.25, -0.2) is 0 Å². The zero-order valence-electron chi connectivity index (χ0n) is 16.4. The number of hydrogen-bond donors (Lipinski definition) is 0. The Hall–Kier alpha value is -3.08. The van der Waals surface area contributed by atoms with Crippen molar-refractivity contribution >= 4 is 11.8 Å². The molecule has 5 nitrogen and oxygen atoms in total. The summed E-state index contributed by atoms with van der Waals surface area (Å²) in [5.41, 5.74) is 2.64. The van der Waals surface area contributed by atoms with E-state index in [0.717, 1.165) is 36.3 Å². The summed E-state index contributed by atoms with van der Waals surface area (Å²) in [5.74, 6) is 0.674. The number of rotatable bonds is 6. The van der Waals surface area contributed by atoms with Crippen LogP contribution in [0.15, 0.2) is 61.2 Å². The van der Waals surface area contributed by atoms with Gasteiger partial charge in [0.2, 0.25) is 5.91 Å². The molecule has 0 spiro atoms. The number of para-hydroxylation sites is 1. The van der Waals surface area contributed by atoms with Crippen LogP contribution in [0.5, 0.6) is 5.75 Å². The van der Waals surface area contributed by atoms with Crippen molar-refractivity contribution in [1.82, 2.24) is 9.80 Å². The summed E-state index contributed by atoms with van der Waals surface area (Å²) in [7, 11) is 3.41. The first kappa shape index (κ1) is 19.7. The Balaban J connectivity index is 1.71. The first-order chi connectivity index (χ1) is 13.5. The lowest BCUT2D eigenvalue weighted by atomic mass is 10.0. The molecule has 2 aromatic carbocycles. The highest BCUT2D eigenvalue weighted by Gasteiger charge is 2.28. The van der Waals surface area contributed by atoms with Gasteiger partial charge in [0, 0.05) is 31.3 Å². The zero-order valence-corrected chi connectivity index (χ0v) is 16.4. The Kier molecular flexibility index (Phi) is 6.14. The summed E-state index contributed by atoms with van der Waals surface area (Å²) in [6.07, 6.45) is 3.27. The van der Waals surface area contributed by atoms with Gasteiger partial charge in [0.05, 0.1) is 13.2 Å². The van der Waals surface area contributed by atoms with Gasteiger partial charge < -0.3 is 14.5 Å². The molecule has 28 heavy (non-hydrogen) atoms. The average Bonchev–Trinajstić information content (AvgIpc) is 3.23. The molecule has 1 heterocycles. The molecule has 0 N–H and O–H groups in total. The van der Waals surface area contributed by atoms with E-state index in [1.165, 1.54) is 6.08 Å². The molecule has 1 fully saturated rings. The fourth-order valence-electron chi connectivity index (χ4n) is 3.72. The lowest BCUT2D eigenvalue weighted by Crippen LogP contribution is -2.29. The smallest absolute Gasteiger partial charge is 0.253 e. The quantitative estimate of drug-likeness (QED) is 0.718. The summed E-state index contributed by atoms with van der Waals surface area (Å²) in [5, 5.41) is 0. The zero-order chi connectivity index (χ0) is 20.1. The maximum Gasteiger partial charge on any atom is 0.253 e. The van der Waals surface area contributed by atoms with Crippen molar-refractivity contribution in [1.29, 1.82) is 0 Å². The lowest BCUT2D eigenvalue weighted by molar-refractivity contribution is -0.126. The molecular formula is C23H26N2O3. The highest BCUT2D eigenvalue weighted by atomic mass is 16.5. The Morgan fingerprint density at radius 3 is 2.61 bits per heavy atom. The van der Waals surface area contributed by atoms with Gasteiger partial charge in [-0.3, -0.25) is 9.59 Å². The van der Waals surface area contributed by atoms with Crippen LogP contribution in [0.3, 0.4) is 0 Å². The summed E-state index contributed by atoms with van der Waals surface area (Å²) in [6, 6.07) is 15.3. The van der Waals surface area contributed by atoms with Gasteiger partial charge in [-0.2, -0.15) is 0 Å². The maximum absolute atomic E-state index is 12.8. The monoisotopic (exact) mass is 378 g/mol. The standard InChI is InChI=1S/C23H26N2O3/c1-4-22(26)25-15-7-9-20(25)17-11-13-18(14-12-17)23(27)24(2)16-19-8-5-6-10-21(19)28-3/h4-6,8,10-14,20H,1,7,9,15-16H2,2-3H3. The molecule has 0 bridgehead atoms. The van der Waals surface area contributed by atoms with Gasteiger partial charge >= 0.3 is 0 Å². The SMILES string of the molecule is C=CC(=O)N1CCCC1c1ccc(C(=O)N(C)Cc2ccccc2OC)cc1. The highest BCUT2D eigenvalue weighted by molar-refractivity contribution is 5.94. The minimum absolute atomic E-state index is 0.0424. The number of amides is 2. The van der Waals surface area contributed by atoms with Crippen molar-refractivity contribution in [2.75, 3.05) is 20.7 Å². The van der Waals surface area contributed by atoms with Crippen LogP contribution in [0.2, 0.25) is 0 Å². The van der Waals surface area contributed by atoms with Crippen LogP contribution in [-0.4, -0.2) is 42.3 Å². The molecule has 2 aromatic rings. The third kappa shape index (κ3) is 4.09. The molecule has 1 saturated heterocycles. The molecule has 0 aliphatic carbocycles. The van der Waals surface area contributed by atoms with Crippen molar-refractivity contribution in [2.24, 2.45) is 0 Å². The van der Waals surface area contributed by atoms with Crippen molar-refractivity contribution in [3.8, 4) is 5.75 Å². The lowest BCUT2D eigenvalue weighted by Gasteiger charge is -2.24. The van der Waals surface area contributed by atoms with E-state index in [-0.39, 0.29) is 17.9 Å². The second-order valence-corrected chi connectivity index (χ2v) is 6.99. The maximum atomic E-state index is 12.8. The number of nitrogens with zero attached hydrogens (tertiary/aromatic N) is 2. The number of benzene rings is 2. The predicted molar refractivity (Wildman–Crippen MR) is 109 cm³/mol. The molecule has 0 radical (unpaired) electrons. The number of likely N-dealkylation sites (tertiary alicyclic amines) is 1. The van der Waals surface area contributed by atoms with E-state index in [1.807, 2.05) is 53.4 Å². The molecular weight excluding hydrogens is 352 g/mol. The summed E-state index contributed by atoms with van der Waals surface area (Å²) in [4.78, 5) is 28.4. The normalized spacial score (nSPS) is 15.9. The summed E-state index contributed by atoms with van der Waals surface area (Å²) < 4.78 is 5.37. The molecule has 2 amide bonds. The minimum Gasteiger partial charge on any atom is -0.496 e. The van der Waals surface area contributed by atoms with Gasteiger partial charge in [-0.15, -0.1) is 0 Å². The number of ether oxygens (including phenoxy) is 1. The van der Waals surface area contributed by atoms with Crippen LogP contribution >= 0.6 is 0 Å². The second kappa shape index (κ2) is 8.74. The molecule has 3 rings (SSSR count). The third-order valence-corrected chi connectivity index (χ3v) is 5.20. The van der Waals surface area contributed by atoms with E-state index in [0.29, 0.717) is 12.1 Å². The Bertz CT molecular complexity index is 860. The number of hydrogen-bond acceptors (Lipinski definition) is 3. The van der Waals surface area contributed by atoms with E-state index in [1.54, 1.807) is 19.1 Å². The average molecular weight is 378 g/mol. The van der Waals surface area contributed by atoms with Crippen LogP contribution in [0.25, 0.3) is 0 Å².